The van der Waals surface area contributed by atoms with Gasteiger partial charge in [0.25, 0.3) is 0 Å². The molecule has 0 atom stereocenters. The van der Waals surface area contributed by atoms with Crippen LogP contribution in [-0.2, 0) is 0 Å². The summed E-state index contributed by atoms with van der Waals surface area (Å²) < 4.78 is 60.3. The lowest BCUT2D eigenvalue weighted by atomic mass is 10.0. The first-order valence-electron chi connectivity index (χ1n) is 13.0. The molecule has 0 unspecified atom stereocenters. The van der Waals surface area contributed by atoms with E-state index in [1.807, 2.05) is 0 Å². The van der Waals surface area contributed by atoms with Crippen LogP contribution in [0.3, 0.4) is 0 Å². The lowest BCUT2D eigenvalue weighted by molar-refractivity contribution is 0.0726. The van der Waals surface area contributed by atoms with Crippen LogP contribution in [0.4, 0.5) is 13.2 Å². The molecule has 0 bridgehead atoms. The van der Waals surface area contributed by atoms with Crippen LogP contribution in [0.1, 0.15) is 36.5 Å². The highest BCUT2D eigenvalue weighted by atomic mass is 19.2. The highest BCUT2D eigenvalue weighted by Gasteiger charge is 2.19. The Morgan fingerprint density at radius 2 is 1.45 bits per heavy atom. The zero-order valence-electron chi connectivity index (χ0n) is 22.1. The molecule has 4 aromatic carbocycles. The molecule has 4 nitrogen and oxygen atoms in total. The number of rotatable bonds is 12. The Hall–Kier alpha value is -4.52. The predicted octanol–water partition coefficient (Wildman–Crippen LogP) is 8.79. The predicted molar refractivity (Wildman–Crippen MR) is 149 cm³/mol. The summed E-state index contributed by atoms with van der Waals surface area (Å²) in [5, 5.41) is 0. The van der Waals surface area contributed by atoms with Gasteiger partial charge in [-0.2, -0.15) is 4.39 Å². The summed E-state index contributed by atoms with van der Waals surface area (Å²) in [7, 11) is 0. The van der Waals surface area contributed by atoms with Gasteiger partial charge in [0.2, 0.25) is 5.82 Å². The van der Waals surface area contributed by atoms with E-state index in [0.717, 1.165) is 12.8 Å². The highest BCUT2D eigenvalue weighted by Crippen LogP contribution is 2.32. The Morgan fingerprint density at radius 3 is 2.12 bits per heavy atom. The molecule has 0 fully saturated rings. The summed E-state index contributed by atoms with van der Waals surface area (Å²) in [4.78, 5) is 12.6. The molecule has 0 N–H and O–H groups in total. The average Bonchev–Trinajstić information content (AvgIpc) is 2.97. The zero-order chi connectivity index (χ0) is 28.5. The van der Waals surface area contributed by atoms with Gasteiger partial charge in [0.1, 0.15) is 5.75 Å². The molecule has 0 amide bonds. The van der Waals surface area contributed by atoms with Gasteiger partial charge in [0, 0.05) is 5.56 Å². The summed E-state index contributed by atoms with van der Waals surface area (Å²) >= 11 is 0. The molecular weight excluding hydrogens is 517 g/mol. The molecule has 7 heteroatoms. The van der Waals surface area contributed by atoms with E-state index in [2.05, 4.69) is 13.5 Å². The number of halogens is 3. The van der Waals surface area contributed by atoms with Crippen molar-refractivity contribution >= 4 is 5.97 Å². The minimum atomic E-state index is -1.27. The van der Waals surface area contributed by atoms with Crippen molar-refractivity contribution in [3.05, 3.63) is 115 Å². The number of hydrogen-bond acceptors (Lipinski definition) is 4. The molecule has 0 saturated heterocycles. The Kier molecular flexibility index (Phi) is 9.62. The topological polar surface area (TPSA) is 44.8 Å². The minimum Gasteiger partial charge on any atom is -0.494 e. The van der Waals surface area contributed by atoms with Gasteiger partial charge in [-0.05, 0) is 78.1 Å². The number of ether oxygens (including phenoxy) is 3. The van der Waals surface area contributed by atoms with E-state index in [1.165, 1.54) is 36.4 Å². The molecular formula is C33H29F3O4. The van der Waals surface area contributed by atoms with Crippen molar-refractivity contribution in [2.75, 3.05) is 13.2 Å². The summed E-state index contributed by atoms with van der Waals surface area (Å²) in [5.41, 5.74) is 1.84. The largest absolute Gasteiger partial charge is 0.494 e. The van der Waals surface area contributed by atoms with Crippen LogP contribution in [-0.4, -0.2) is 19.2 Å². The normalized spacial score (nSPS) is 10.7. The molecule has 0 spiro atoms. The fraction of sp³-hybridized carbons (Fsp3) is 0.182. The standard InChI is InChI=1S/C33H29F3O4/c1-3-5-19-38-26-14-11-23(12-15-26)27-16-18-30(32(36)31(27)35)40-33(37)24-9-7-22(8-10-24)25-13-17-29(28(34)21-25)39-20-6-4-2/h4,7-18,21H,2-3,5-6,19-20H2,1H3. The number of unbranched alkanes of at least 4 members (excludes halogenated alkanes) is 1. The van der Waals surface area contributed by atoms with Crippen LogP contribution in [0.5, 0.6) is 17.2 Å². The van der Waals surface area contributed by atoms with Gasteiger partial charge >= 0.3 is 5.97 Å². The van der Waals surface area contributed by atoms with Gasteiger partial charge in [-0.15, -0.1) is 6.58 Å². The number of hydrogen-bond donors (Lipinski definition) is 0. The highest BCUT2D eigenvalue weighted by molar-refractivity contribution is 5.91. The van der Waals surface area contributed by atoms with Crippen molar-refractivity contribution in [3.8, 4) is 39.5 Å². The summed E-state index contributed by atoms with van der Waals surface area (Å²) in [6.07, 6.45) is 4.21. The van der Waals surface area contributed by atoms with Crippen LogP contribution in [0, 0.1) is 17.5 Å². The second kappa shape index (κ2) is 13.5. The van der Waals surface area contributed by atoms with Crippen molar-refractivity contribution in [1.29, 1.82) is 0 Å². The molecule has 0 radical (unpaired) electrons. The first-order chi connectivity index (χ1) is 19.4. The summed E-state index contributed by atoms with van der Waals surface area (Å²) in [5.74, 6) is -3.50. The molecule has 0 aliphatic rings. The lowest BCUT2D eigenvalue weighted by Gasteiger charge is -2.11. The van der Waals surface area contributed by atoms with E-state index in [9.17, 15) is 18.0 Å². The third kappa shape index (κ3) is 6.91. The first-order valence-corrected chi connectivity index (χ1v) is 13.0. The Morgan fingerprint density at radius 1 is 0.775 bits per heavy atom. The first kappa shape index (κ1) is 28.5. The van der Waals surface area contributed by atoms with E-state index in [4.69, 9.17) is 14.2 Å². The molecule has 0 aliphatic carbocycles. The average molecular weight is 547 g/mol. The maximum Gasteiger partial charge on any atom is 0.343 e. The maximum atomic E-state index is 14.9. The fourth-order valence-corrected chi connectivity index (χ4v) is 3.91. The summed E-state index contributed by atoms with van der Waals surface area (Å²) in [6.45, 7) is 6.57. The number of carbonyl (C=O) groups is 1. The molecule has 0 aliphatic heterocycles. The molecule has 4 aromatic rings. The number of esters is 1. The van der Waals surface area contributed by atoms with Crippen LogP contribution in [0.15, 0.2) is 91.5 Å². The molecule has 0 heterocycles. The second-order valence-corrected chi connectivity index (χ2v) is 9.00. The van der Waals surface area contributed by atoms with Crippen molar-refractivity contribution < 1.29 is 32.2 Å². The lowest BCUT2D eigenvalue weighted by Crippen LogP contribution is -2.10. The monoisotopic (exact) mass is 546 g/mol. The zero-order valence-corrected chi connectivity index (χ0v) is 22.1. The van der Waals surface area contributed by atoms with Crippen LogP contribution in [0.25, 0.3) is 22.3 Å². The molecule has 40 heavy (non-hydrogen) atoms. The number of carbonyl (C=O) groups excluding carboxylic acids is 1. The van der Waals surface area contributed by atoms with Crippen molar-refractivity contribution in [2.24, 2.45) is 0 Å². The van der Waals surface area contributed by atoms with Gasteiger partial charge in [-0.25, -0.2) is 13.6 Å². The molecule has 206 valence electrons. The Labute approximate surface area is 231 Å². The van der Waals surface area contributed by atoms with Crippen LogP contribution >= 0.6 is 0 Å². The van der Waals surface area contributed by atoms with E-state index in [-0.39, 0.29) is 16.9 Å². The van der Waals surface area contributed by atoms with Crippen LogP contribution in [0.2, 0.25) is 0 Å². The van der Waals surface area contributed by atoms with Crippen molar-refractivity contribution in [1.82, 2.24) is 0 Å². The summed E-state index contributed by atoms with van der Waals surface area (Å²) in [6, 6.07) is 20.0. The van der Waals surface area contributed by atoms with Gasteiger partial charge in [0.05, 0.1) is 18.8 Å². The third-order valence-corrected chi connectivity index (χ3v) is 6.15. The van der Waals surface area contributed by atoms with E-state index in [0.29, 0.717) is 42.1 Å². The third-order valence-electron chi connectivity index (χ3n) is 6.15. The van der Waals surface area contributed by atoms with Gasteiger partial charge in [-0.1, -0.05) is 49.8 Å². The van der Waals surface area contributed by atoms with E-state index in [1.54, 1.807) is 48.5 Å². The molecule has 0 aromatic heterocycles. The minimum absolute atomic E-state index is 0.0334. The fourth-order valence-electron chi connectivity index (χ4n) is 3.91. The molecule has 4 rings (SSSR count). The molecule has 0 saturated carbocycles. The second-order valence-electron chi connectivity index (χ2n) is 9.00. The van der Waals surface area contributed by atoms with Crippen molar-refractivity contribution in [2.45, 2.75) is 26.2 Å². The Balaban J connectivity index is 1.43. The van der Waals surface area contributed by atoms with E-state index >= 15 is 0 Å². The van der Waals surface area contributed by atoms with Gasteiger partial charge < -0.3 is 14.2 Å². The Bertz CT molecular complexity index is 1460. The van der Waals surface area contributed by atoms with Gasteiger partial charge in [-0.3, -0.25) is 0 Å². The quantitative estimate of drug-likeness (QED) is 0.0771. The van der Waals surface area contributed by atoms with E-state index < -0.39 is 29.2 Å². The smallest absolute Gasteiger partial charge is 0.343 e. The van der Waals surface area contributed by atoms with Crippen molar-refractivity contribution in [3.63, 3.8) is 0 Å². The SMILES string of the molecule is C=CCCOc1ccc(-c2ccc(C(=O)Oc3ccc(-c4ccc(OCCCC)cc4)c(F)c3F)cc2)cc1F. The number of benzene rings is 4. The maximum absolute atomic E-state index is 14.9. The van der Waals surface area contributed by atoms with Crippen LogP contribution < -0.4 is 14.2 Å². The van der Waals surface area contributed by atoms with Gasteiger partial charge in [0.15, 0.2) is 23.1 Å².